The lowest BCUT2D eigenvalue weighted by Gasteiger charge is -2.34. The third-order valence-corrected chi connectivity index (χ3v) is 4.19. The third-order valence-electron chi connectivity index (χ3n) is 4.19. The number of hydrogen-bond acceptors (Lipinski definition) is 4. The molecule has 2 saturated heterocycles. The molecule has 5 nitrogen and oxygen atoms in total. The Morgan fingerprint density at radius 3 is 3.20 bits per heavy atom. The number of hydrogen-bond donors (Lipinski definition) is 0. The molecule has 0 N–H and O–H groups in total. The molecule has 108 valence electrons. The van der Waals surface area contributed by atoms with Gasteiger partial charge in [0.2, 0.25) is 5.88 Å². The van der Waals surface area contributed by atoms with Gasteiger partial charge in [0.15, 0.2) is 0 Å². The Labute approximate surface area is 118 Å². The van der Waals surface area contributed by atoms with Crippen LogP contribution in [0, 0.1) is 5.92 Å². The molecule has 20 heavy (non-hydrogen) atoms. The Hall–Kier alpha value is -1.62. The maximum absolute atomic E-state index is 12.6. The van der Waals surface area contributed by atoms with Gasteiger partial charge in [0.25, 0.3) is 5.91 Å². The maximum atomic E-state index is 12.6. The molecule has 3 rings (SSSR count). The van der Waals surface area contributed by atoms with E-state index in [4.69, 9.17) is 9.47 Å². The highest BCUT2D eigenvalue weighted by Gasteiger charge is 2.39. The Bertz CT molecular complexity index is 506. The highest BCUT2D eigenvalue weighted by molar-refractivity contribution is 5.96. The molecule has 0 aromatic carbocycles. The number of likely N-dealkylation sites (tertiary alicyclic amines) is 1. The maximum Gasteiger partial charge on any atom is 0.259 e. The van der Waals surface area contributed by atoms with Gasteiger partial charge in [-0.2, -0.15) is 0 Å². The number of nitrogens with zero attached hydrogens (tertiary/aromatic N) is 2. The topological polar surface area (TPSA) is 51.7 Å². The van der Waals surface area contributed by atoms with Crippen LogP contribution in [0.5, 0.6) is 5.88 Å². The number of rotatable bonds is 2. The first-order valence-corrected chi connectivity index (χ1v) is 7.12. The monoisotopic (exact) mass is 276 g/mol. The molecule has 0 bridgehead atoms. The molecule has 1 amide bonds. The molecule has 0 radical (unpaired) electrons. The molecule has 3 atom stereocenters. The molecular formula is C15H20N2O3. The molecule has 0 aliphatic carbocycles. The second-order valence-electron chi connectivity index (χ2n) is 5.58. The molecule has 0 unspecified atom stereocenters. The first-order chi connectivity index (χ1) is 9.69. The van der Waals surface area contributed by atoms with Crippen molar-refractivity contribution < 1.29 is 14.3 Å². The van der Waals surface area contributed by atoms with E-state index in [0.717, 1.165) is 25.9 Å². The van der Waals surface area contributed by atoms with E-state index in [1.807, 2.05) is 4.90 Å². The average molecular weight is 276 g/mol. The van der Waals surface area contributed by atoms with Gasteiger partial charge in [-0.1, -0.05) is 0 Å². The number of aromatic nitrogens is 1. The quantitative estimate of drug-likeness (QED) is 0.825. The van der Waals surface area contributed by atoms with E-state index in [0.29, 0.717) is 29.6 Å². The molecule has 0 saturated carbocycles. The first-order valence-electron chi connectivity index (χ1n) is 7.12. The van der Waals surface area contributed by atoms with Gasteiger partial charge in [-0.3, -0.25) is 4.79 Å². The van der Waals surface area contributed by atoms with E-state index in [1.165, 1.54) is 7.11 Å². The summed E-state index contributed by atoms with van der Waals surface area (Å²) < 4.78 is 11.0. The molecule has 0 spiro atoms. The van der Waals surface area contributed by atoms with Gasteiger partial charge in [-0.15, -0.1) is 0 Å². The molecule has 2 fully saturated rings. The van der Waals surface area contributed by atoms with Crippen molar-refractivity contribution in [3.05, 3.63) is 23.9 Å². The number of fused-ring (bicyclic) bond motifs is 1. The van der Waals surface area contributed by atoms with Crippen molar-refractivity contribution in [2.75, 3.05) is 20.2 Å². The highest BCUT2D eigenvalue weighted by atomic mass is 16.5. The Kier molecular flexibility index (Phi) is 3.61. The lowest BCUT2D eigenvalue weighted by Crippen LogP contribution is -2.44. The summed E-state index contributed by atoms with van der Waals surface area (Å²) in [6.45, 7) is 3.62. The van der Waals surface area contributed by atoms with Crippen molar-refractivity contribution in [3.8, 4) is 5.88 Å². The van der Waals surface area contributed by atoms with E-state index in [-0.39, 0.29) is 5.91 Å². The summed E-state index contributed by atoms with van der Waals surface area (Å²) in [4.78, 5) is 18.6. The molecule has 2 aliphatic rings. The molecular weight excluding hydrogens is 256 g/mol. The van der Waals surface area contributed by atoms with Crippen molar-refractivity contribution >= 4 is 5.91 Å². The molecule has 1 aromatic rings. The molecule has 1 aromatic heterocycles. The van der Waals surface area contributed by atoms with Gasteiger partial charge in [0, 0.05) is 25.2 Å². The minimum atomic E-state index is 0.00736. The zero-order chi connectivity index (χ0) is 14.1. The molecule has 2 aliphatic heterocycles. The predicted molar refractivity (Wildman–Crippen MR) is 73.8 cm³/mol. The van der Waals surface area contributed by atoms with Crippen molar-refractivity contribution in [1.29, 1.82) is 0 Å². The summed E-state index contributed by atoms with van der Waals surface area (Å²) in [7, 11) is 1.54. The van der Waals surface area contributed by atoms with Gasteiger partial charge < -0.3 is 14.4 Å². The summed E-state index contributed by atoms with van der Waals surface area (Å²) >= 11 is 0. The predicted octanol–water partition coefficient (Wildman–Crippen LogP) is 1.73. The summed E-state index contributed by atoms with van der Waals surface area (Å²) in [5, 5.41) is 0. The van der Waals surface area contributed by atoms with E-state index in [9.17, 15) is 4.79 Å². The van der Waals surface area contributed by atoms with E-state index in [2.05, 4.69) is 11.9 Å². The van der Waals surface area contributed by atoms with Gasteiger partial charge in [0.1, 0.15) is 5.56 Å². The van der Waals surface area contributed by atoms with Crippen molar-refractivity contribution in [2.45, 2.75) is 32.0 Å². The number of carbonyl (C=O) groups is 1. The van der Waals surface area contributed by atoms with Crippen LogP contribution in [-0.4, -0.2) is 48.2 Å². The highest BCUT2D eigenvalue weighted by Crippen LogP contribution is 2.33. The minimum absolute atomic E-state index is 0.00736. The zero-order valence-electron chi connectivity index (χ0n) is 11.9. The molecule has 5 heteroatoms. The summed E-state index contributed by atoms with van der Waals surface area (Å²) in [5.74, 6) is 0.869. The summed E-state index contributed by atoms with van der Waals surface area (Å²) in [5.41, 5.74) is 0.542. The number of ether oxygens (including phenoxy) is 2. The largest absolute Gasteiger partial charge is 0.480 e. The number of pyridine rings is 1. The van der Waals surface area contributed by atoms with Crippen LogP contribution in [-0.2, 0) is 4.74 Å². The second-order valence-corrected chi connectivity index (χ2v) is 5.58. The van der Waals surface area contributed by atoms with Crippen LogP contribution in [0.4, 0.5) is 0 Å². The zero-order valence-corrected chi connectivity index (χ0v) is 11.9. The van der Waals surface area contributed by atoms with Crippen molar-refractivity contribution in [3.63, 3.8) is 0 Å². The Balaban J connectivity index is 1.75. The van der Waals surface area contributed by atoms with Crippen LogP contribution in [0.15, 0.2) is 18.3 Å². The average Bonchev–Trinajstić information content (AvgIpc) is 2.85. The smallest absolute Gasteiger partial charge is 0.259 e. The van der Waals surface area contributed by atoms with E-state index >= 15 is 0 Å². The standard InChI is InChI=1S/C15H20N2O3/c1-10-8-11-9-17(7-5-13(11)20-10)15(18)12-4-3-6-16-14(12)19-2/h3-4,6,10-11,13H,5,7-9H2,1-2H3/t10-,11-,13-/m1/s1. The number of carbonyl (C=O) groups excluding carboxylic acids is 1. The third kappa shape index (κ3) is 2.38. The number of methoxy groups -OCH3 is 1. The normalized spacial score (nSPS) is 29.1. The summed E-state index contributed by atoms with van der Waals surface area (Å²) in [6.07, 6.45) is 4.23. The fourth-order valence-electron chi connectivity index (χ4n) is 3.27. The fourth-order valence-corrected chi connectivity index (χ4v) is 3.27. The van der Waals surface area contributed by atoms with Crippen LogP contribution in [0.2, 0.25) is 0 Å². The molecule has 3 heterocycles. The van der Waals surface area contributed by atoms with Crippen LogP contribution >= 0.6 is 0 Å². The van der Waals surface area contributed by atoms with Gasteiger partial charge in [-0.05, 0) is 31.9 Å². The van der Waals surface area contributed by atoms with Crippen LogP contribution in [0.1, 0.15) is 30.1 Å². The number of piperidine rings is 1. The van der Waals surface area contributed by atoms with Crippen LogP contribution < -0.4 is 4.74 Å². The number of amides is 1. The SMILES string of the molecule is COc1ncccc1C(=O)N1CC[C@H]2O[C@H](C)C[C@@H]2C1. The Morgan fingerprint density at radius 1 is 1.55 bits per heavy atom. The summed E-state index contributed by atoms with van der Waals surface area (Å²) in [6, 6.07) is 3.54. The van der Waals surface area contributed by atoms with Gasteiger partial charge in [-0.25, -0.2) is 4.98 Å². The van der Waals surface area contributed by atoms with Crippen molar-refractivity contribution in [1.82, 2.24) is 9.88 Å². The van der Waals surface area contributed by atoms with E-state index in [1.54, 1.807) is 18.3 Å². The van der Waals surface area contributed by atoms with Gasteiger partial charge >= 0.3 is 0 Å². The fraction of sp³-hybridized carbons (Fsp3) is 0.600. The van der Waals surface area contributed by atoms with Gasteiger partial charge in [0.05, 0.1) is 19.3 Å². The lowest BCUT2D eigenvalue weighted by molar-refractivity contribution is 0.00857. The second kappa shape index (κ2) is 5.40. The van der Waals surface area contributed by atoms with E-state index < -0.39 is 0 Å². The van der Waals surface area contributed by atoms with Crippen LogP contribution in [0.25, 0.3) is 0 Å². The Morgan fingerprint density at radius 2 is 2.40 bits per heavy atom. The first kappa shape index (κ1) is 13.4. The van der Waals surface area contributed by atoms with Crippen molar-refractivity contribution in [2.24, 2.45) is 5.92 Å². The minimum Gasteiger partial charge on any atom is -0.480 e. The lowest BCUT2D eigenvalue weighted by atomic mass is 9.92. The van der Waals surface area contributed by atoms with Crippen LogP contribution in [0.3, 0.4) is 0 Å².